The van der Waals surface area contributed by atoms with Gasteiger partial charge < -0.3 is 15.9 Å². The van der Waals surface area contributed by atoms with Crippen molar-refractivity contribution < 1.29 is 10.2 Å². The fraction of sp³-hybridized carbons (Fsp3) is 0.300. The summed E-state index contributed by atoms with van der Waals surface area (Å²) in [6.45, 7) is 1.17. The quantitative estimate of drug-likeness (QED) is 0.648. The molecule has 7 nitrogen and oxygen atoms in total. The summed E-state index contributed by atoms with van der Waals surface area (Å²) in [5.41, 5.74) is 6.06. The van der Waals surface area contributed by atoms with Crippen LogP contribution in [-0.2, 0) is 6.54 Å². The van der Waals surface area contributed by atoms with Crippen LogP contribution >= 0.6 is 0 Å². The summed E-state index contributed by atoms with van der Waals surface area (Å²) in [6.07, 6.45) is 0.766. The molecule has 0 saturated heterocycles. The highest BCUT2D eigenvalue weighted by molar-refractivity contribution is 5.60. The summed E-state index contributed by atoms with van der Waals surface area (Å²) in [6, 6.07) is 4.45. The Labute approximate surface area is 97.5 Å². The van der Waals surface area contributed by atoms with Gasteiger partial charge in [-0.15, -0.1) is 5.10 Å². The lowest BCUT2D eigenvalue weighted by Crippen LogP contribution is -2.08. The van der Waals surface area contributed by atoms with Gasteiger partial charge in [0.1, 0.15) is 0 Å². The molecule has 0 aliphatic rings. The highest BCUT2D eigenvalue weighted by atomic mass is 16.3. The van der Waals surface area contributed by atoms with Gasteiger partial charge in [0.25, 0.3) is 0 Å². The Morgan fingerprint density at radius 1 is 1.24 bits per heavy atom. The molecule has 4 N–H and O–H groups in total. The first-order valence-corrected chi connectivity index (χ1v) is 5.21. The third-order valence-corrected chi connectivity index (χ3v) is 2.34. The van der Waals surface area contributed by atoms with Gasteiger partial charge in [-0.3, -0.25) is 0 Å². The number of nitrogens with zero attached hydrogens (tertiary/aromatic N) is 4. The highest BCUT2D eigenvalue weighted by Crippen LogP contribution is 2.29. The van der Waals surface area contributed by atoms with Crippen molar-refractivity contribution in [2.45, 2.75) is 13.0 Å². The number of tetrazole rings is 1. The van der Waals surface area contributed by atoms with Crippen LogP contribution in [0.3, 0.4) is 0 Å². The standard InChI is InChI=1S/C10H13N5O2/c11-4-1-5-15-10(12-13-14-15)7-2-3-8(16)9(17)6-7/h2-3,6,16-17H,1,4-5,11H2. The third kappa shape index (κ3) is 2.34. The minimum atomic E-state index is -0.198. The van der Waals surface area contributed by atoms with E-state index >= 15 is 0 Å². The maximum Gasteiger partial charge on any atom is 0.182 e. The minimum Gasteiger partial charge on any atom is -0.504 e. The van der Waals surface area contributed by atoms with Crippen molar-refractivity contribution in [2.24, 2.45) is 5.73 Å². The topological polar surface area (TPSA) is 110 Å². The van der Waals surface area contributed by atoms with Crippen LogP contribution < -0.4 is 5.73 Å². The molecule has 2 aromatic rings. The molecule has 0 fully saturated rings. The van der Waals surface area contributed by atoms with E-state index in [-0.39, 0.29) is 11.5 Å². The van der Waals surface area contributed by atoms with E-state index in [1.54, 1.807) is 10.7 Å². The van der Waals surface area contributed by atoms with E-state index in [2.05, 4.69) is 15.5 Å². The number of aryl methyl sites for hydroxylation is 1. The van der Waals surface area contributed by atoms with E-state index in [9.17, 15) is 10.2 Å². The van der Waals surface area contributed by atoms with E-state index < -0.39 is 0 Å². The number of hydrogen-bond acceptors (Lipinski definition) is 6. The van der Waals surface area contributed by atoms with Crippen molar-refractivity contribution in [1.82, 2.24) is 20.2 Å². The van der Waals surface area contributed by atoms with Crippen molar-refractivity contribution in [3.8, 4) is 22.9 Å². The number of rotatable bonds is 4. The molecule has 7 heteroatoms. The summed E-state index contributed by atoms with van der Waals surface area (Å²) >= 11 is 0. The van der Waals surface area contributed by atoms with Crippen LogP contribution in [0.4, 0.5) is 0 Å². The zero-order valence-electron chi connectivity index (χ0n) is 9.11. The molecule has 2 rings (SSSR count). The summed E-state index contributed by atoms with van der Waals surface area (Å²) in [7, 11) is 0. The van der Waals surface area contributed by atoms with Crippen molar-refractivity contribution >= 4 is 0 Å². The summed E-state index contributed by atoms with van der Waals surface area (Å²) in [4.78, 5) is 0. The highest BCUT2D eigenvalue weighted by Gasteiger charge is 2.10. The zero-order valence-corrected chi connectivity index (χ0v) is 9.11. The molecule has 0 aliphatic carbocycles. The van der Waals surface area contributed by atoms with Crippen molar-refractivity contribution in [2.75, 3.05) is 6.54 Å². The lowest BCUT2D eigenvalue weighted by molar-refractivity contribution is 0.404. The molecule has 0 radical (unpaired) electrons. The van der Waals surface area contributed by atoms with Crippen LogP contribution in [0.25, 0.3) is 11.4 Å². The van der Waals surface area contributed by atoms with Gasteiger partial charge >= 0.3 is 0 Å². The molecule has 0 saturated carbocycles. The van der Waals surface area contributed by atoms with Gasteiger partial charge in [0.15, 0.2) is 17.3 Å². The van der Waals surface area contributed by atoms with E-state index in [4.69, 9.17) is 5.73 Å². The zero-order chi connectivity index (χ0) is 12.3. The van der Waals surface area contributed by atoms with E-state index in [1.807, 2.05) is 0 Å². The van der Waals surface area contributed by atoms with E-state index in [1.165, 1.54) is 12.1 Å². The fourth-order valence-corrected chi connectivity index (χ4v) is 1.47. The first kappa shape index (κ1) is 11.3. The van der Waals surface area contributed by atoms with Gasteiger partial charge in [0, 0.05) is 12.1 Å². The molecule has 1 aromatic carbocycles. The average Bonchev–Trinajstić information content (AvgIpc) is 2.78. The molecule has 0 spiro atoms. The van der Waals surface area contributed by atoms with Crippen LogP contribution in [0.5, 0.6) is 11.5 Å². The predicted octanol–water partition coefficient (Wildman–Crippen LogP) is 0.100. The number of aromatic nitrogens is 4. The van der Waals surface area contributed by atoms with E-state index in [0.717, 1.165) is 6.42 Å². The van der Waals surface area contributed by atoms with Crippen LogP contribution in [0.15, 0.2) is 18.2 Å². The van der Waals surface area contributed by atoms with Gasteiger partial charge in [-0.2, -0.15) is 0 Å². The average molecular weight is 235 g/mol. The molecular weight excluding hydrogens is 222 g/mol. The molecule has 90 valence electrons. The van der Waals surface area contributed by atoms with Gasteiger partial charge in [0.05, 0.1) is 0 Å². The lowest BCUT2D eigenvalue weighted by atomic mass is 10.2. The number of nitrogens with two attached hydrogens (primary N) is 1. The normalized spacial score (nSPS) is 10.6. The number of hydrogen-bond donors (Lipinski definition) is 3. The second-order valence-corrected chi connectivity index (χ2v) is 3.57. The second-order valence-electron chi connectivity index (χ2n) is 3.57. The Morgan fingerprint density at radius 3 is 2.76 bits per heavy atom. The summed E-state index contributed by atoms with van der Waals surface area (Å²) < 4.78 is 1.61. The maximum absolute atomic E-state index is 9.42. The van der Waals surface area contributed by atoms with Gasteiger partial charge in [0.2, 0.25) is 0 Å². The van der Waals surface area contributed by atoms with Gasteiger partial charge in [-0.25, -0.2) is 4.68 Å². The third-order valence-electron chi connectivity index (χ3n) is 2.34. The Morgan fingerprint density at radius 2 is 2.06 bits per heavy atom. The first-order valence-electron chi connectivity index (χ1n) is 5.21. The Balaban J connectivity index is 2.32. The Hall–Kier alpha value is -2.15. The largest absolute Gasteiger partial charge is 0.504 e. The van der Waals surface area contributed by atoms with Crippen molar-refractivity contribution in [3.05, 3.63) is 18.2 Å². The van der Waals surface area contributed by atoms with Crippen molar-refractivity contribution in [1.29, 1.82) is 0 Å². The van der Waals surface area contributed by atoms with Crippen LogP contribution in [0, 0.1) is 0 Å². The predicted molar refractivity (Wildman–Crippen MR) is 60.3 cm³/mol. The second kappa shape index (κ2) is 4.79. The number of benzene rings is 1. The molecule has 1 aromatic heterocycles. The summed E-state index contributed by atoms with van der Waals surface area (Å²) in [5.74, 6) is 0.166. The molecule has 0 atom stereocenters. The van der Waals surface area contributed by atoms with Gasteiger partial charge in [-0.1, -0.05) is 0 Å². The maximum atomic E-state index is 9.42. The molecule has 0 amide bonds. The van der Waals surface area contributed by atoms with Gasteiger partial charge in [-0.05, 0) is 41.6 Å². The fourth-order valence-electron chi connectivity index (χ4n) is 1.47. The monoisotopic (exact) mass is 235 g/mol. The SMILES string of the molecule is NCCCn1nnnc1-c1ccc(O)c(O)c1. The molecule has 0 unspecified atom stereocenters. The van der Waals surface area contributed by atoms with Crippen LogP contribution in [0.1, 0.15) is 6.42 Å². The Bertz CT molecular complexity index is 511. The van der Waals surface area contributed by atoms with E-state index in [0.29, 0.717) is 24.5 Å². The molecular formula is C10H13N5O2. The molecule has 17 heavy (non-hydrogen) atoms. The Kier molecular flexibility index (Phi) is 3.20. The first-order chi connectivity index (χ1) is 8.22. The lowest BCUT2D eigenvalue weighted by Gasteiger charge is -2.04. The van der Waals surface area contributed by atoms with Crippen LogP contribution in [0.2, 0.25) is 0 Å². The number of aromatic hydroxyl groups is 2. The smallest absolute Gasteiger partial charge is 0.182 e. The molecule has 0 aliphatic heterocycles. The molecule has 1 heterocycles. The number of phenolic OH excluding ortho intramolecular Hbond substituents is 2. The van der Waals surface area contributed by atoms with Crippen molar-refractivity contribution in [3.63, 3.8) is 0 Å². The number of phenols is 2. The minimum absolute atomic E-state index is 0.172. The summed E-state index contributed by atoms with van der Waals surface area (Å²) in [5, 5.41) is 29.9. The molecule has 0 bridgehead atoms. The van der Waals surface area contributed by atoms with Crippen LogP contribution in [-0.4, -0.2) is 37.0 Å².